The number of piperidine rings is 1. The first-order valence-electron chi connectivity index (χ1n) is 12.1. The molecule has 3 amide bonds. The Morgan fingerprint density at radius 3 is 2.29 bits per heavy atom. The first-order valence-corrected chi connectivity index (χ1v) is 12.1. The zero-order valence-corrected chi connectivity index (χ0v) is 18.2. The highest BCUT2D eigenvalue weighted by molar-refractivity contribution is 5.98. The summed E-state index contributed by atoms with van der Waals surface area (Å²) in [6, 6.07) is 9.25. The molecule has 5 rings (SSSR count). The fourth-order valence-electron chi connectivity index (χ4n) is 5.85. The molecule has 1 N–H and O–H groups in total. The smallest absolute Gasteiger partial charge is 0.254 e. The van der Waals surface area contributed by atoms with E-state index in [9.17, 15) is 14.4 Å². The summed E-state index contributed by atoms with van der Waals surface area (Å²) in [6.07, 6.45) is 8.86. The van der Waals surface area contributed by atoms with Gasteiger partial charge in [0.05, 0.1) is 0 Å². The van der Waals surface area contributed by atoms with E-state index in [2.05, 4.69) is 5.32 Å². The summed E-state index contributed by atoms with van der Waals surface area (Å²) in [7, 11) is 0. The molecule has 3 unspecified atom stereocenters. The van der Waals surface area contributed by atoms with E-state index in [0.717, 1.165) is 64.5 Å². The van der Waals surface area contributed by atoms with Crippen molar-refractivity contribution in [1.82, 2.24) is 15.1 Å². The molecule has 4 aliphatic rings. The van der Waals surface area contributed by atoms with Crippen molar-refractivity contribution in [3.8, 4) is 0 Å². The van der Waals surface area contributed by atoms with Crippen LogP contribution in [-0.4, -0.2) is 58.7 Å². The first kappa shape index (κ1) is 20.5. The molecule has 6 heteroatoms. The van der Waals surface area contributed by atoms with Gasteiger partial charge < -0.3 is 15.1 Å². The minimum absolute atomic E-state index is 0.00866. The number of nitrogens with one attached hydrogen (secondary N) is 1. The Hall–Kier alpha value is -2.37. The van der Waals surface area contributed by atoms with Crippen LogP contribution in [-0.2, 0) is 9.59 Å². The summed E-state index contributed by atoms with van der Waals surface area (Å²) < 4.78 is 0. The van der Waals surface area contributed by atoms with E-state index in [-0.39, 0.29) is 35.9 Å². The zero-order valence-electron chi connectivity index (χ0n) is 18.2. The molecule has 1 aromatic carbocycles. The van der Waals surface area contributed by atoms with Crippen molar-refractivity contribution in [3.63, 3.8) is 0 Å². The van der Waals surface area contributed by atoms with Gasteiger partial charge >= 0.3 is 0 Å². The van der Waals surface area contributed by atoms with Crippen molar-refractivity contribution < 1.29 is 14.4 Å². The molecular formula is C25H33N3O3. The maximum absolute atomic E-state index is 13.4. The van der Waals surface area contributed by atoms with Gasteiger partial charge in [-0.25, -0.2) is 0 Å². The van der Waals surface area contributed by atoms with Crippen LogP contribution in [0.25, 0.3) is 0 Å². The summed E-state index contributed by atoms with van der Waals surface area (Å²) in [5, 5.41) is 3.24. The van der Waals surface area contributed by atoms with Crippen LogP contribution in [0.1, 0.15) is 68.1 Å². The van der Waals surface area contributed by atoms with Gasteiger partial charge in [0, 0.05) is 36.7 Å². The van der Waals surface area contributed by atoms with E-state index < -0.39 is 0 Å². The Labute approximate surface area is 184 Å². The van der Waals surface area contributed by atoms with E-state index >= 15 is 0 Å². The van der Waals surface area contributed by atoms with E-state index in [0.29, 0.717) is 17.4 Å². The number of nitrogens with zero attached hydrogens (tertiary/aromatic N) is 2. The summed E-state index contributed by atoms with van der Waals surface area (Å²) in [5.74, 6) is 0.954. The second kappa shape index (κ2) is 8.64. The van der Waals surface area contributed by atoms with Crippen LogP contribution in [0.15, 0.2) is 30.3 Å². The molecule has 0 radical (unpaired) electrons. The number of hydrogen-bond donors (Lipinski definition) is 1. The lowest BCUT2D eigenvalue weighted by molar-refractivity contribution is -0.133. The Morgan fingerprint density at radius 1 is 0.871 bits per heavy atom. The highest BCUT2D eigenvalue weighted by Gasteiger charge is 2.48. The van der Waals surface area contributed by atoms with Crippen molar-refractivity contribution in [2.24, 2.45) is 11.8 Å². The largest absolute Gasteiger partial charge is 0.351 e. The number of likely N-dealkylation sites (tertiary alicyclic amines) is 2. The number of rotatable bonds is 4. The Balaban J connectivity index is 1.25. The summed E-state index contributed by atoms with van der Waals surface area (Å²) in [5.41, 5.74) is 0.665. The fourth-order valence-corrected chi connectivity index (χ4v) is 5.85. The molecular weight excluding hydrogens is 390 g/mol. The van der Waals surface area contributed by atoms with Gasteiger partial charge in [-0.05, 0) is 63.0 Å². The average Bonchev–Trinajstić information content (AvgIpc) is 3.59. The van der Waals surface area contributed by atoms with Crippen molar-refractivity contribution in [1.29, 1.82) is 0 Å². The van der Waals surface area contributed by atoms with E-state index in [1.807, 2.05) is 40.1 Å². The molecule has 0 aromatic heterocycles. The second-order valence-electron chi connectivity index (χ2n) is 9.82. The molecule has 2 saturated carbocycles. The average molecular weight is 424 g/mol. The lowest BCUT2D eigenvalue weighted by Gasteiger charge is -2.35. The van der Waals surface area contributed by atoms with Gasteiger partial charge in [-0.1, -0.05) is 31.0 Å². The van der Waals surface area contributed by atoms with Gasteiger partial charge in [0.1, 0.15) is 6.04 Å². The van der Waals surface area contributed by atoms with Gasteiger partial charge in [0.2, 0.25) is 11.8 Å². The molecule has 6 nitrogen and oxygen atoms in total. The Kier molecular flexibility index (Phi) is 5.72. The van der Waals surface area contributed by atoms with E-state index in [1.165, 1.54) is 6.42 Å². The third kappa shape index (κ3) is 4.21. The highest BCUT2D eigenvalue weighted by Crippen LogP contribution is 2.40. The third-order valence-corrected chi connectivity index (χ3v) is 7.73. The van der Waals surface area contributed by atoms with E-state index in [1.54, 1.807) is 0 Å². The third-order valence-electron chi connectivity index (χ3n) is 7.73. The van der Waals surface area contributed by atoms with Gasteiger partial charge in [0.15, 0.2) is 0 Å². The lowest BCUT2D eigenvalue weighted by Crippen LogP contribution is -2.53. The van der Waals surface area contributed by atoms with Crippen molar-refractivity contribution in [2.45, 2.75) is 75.9 Å². The molecule has 166 valence electrons. The lowest BCUT2D eigenvalue weighted by atomic mass is 9.84. The van der Waals surface area contributed by atoms with Crippen LogP contribution in [0.5, 0.6) is 0 Å². The van der Waals surface area contributed by atoms with Crippen molar-refractivity contribution >= 4 is 17.7 Å². The number of fused-ring (bicyclic) bond motifs is 1. The predicted octanol–water partition coefficient (Wildman–Crippen LogP) is 2.98. The van der Waals surface area contributed by atoms with Gasteiger partial charge in [0.25, 0.3) is 5.91 Å². The van der Waals surface area contributed by atoms with Crippen LogP contribution in [0.4, 0.5) is 0 Å². The SMILES string of the molecule is O=C(NC1CCN(C(=O)C2CC2)CC1)C1CC2CCCCC2N1C(=O)c1ccccc1. The van der Waals surface area contributed by atoms with Gasteiger partial charge in [-0.3, -0.25) is 14.4 Å². The number of benzene rings is 1. The molecule has 0 spiro atoms. The molecule has 3 atom stereocenters. The summed E-state index contributed by atoms with van der Waals surface area (Å²) in [4.78, 5) is 42.9. The monoisotopic (exact) mass is 423 g/mol. The Morgan fingerprint density at radius 2 is 1.58 bits per heavy atom. The molecule has 1 aromatic rings. The Bertz CT molecular complexity index is 830. The summed E-state index contributed by atoms with van der Waals surface area (Å²) in [6.45, 7) is 1.45. The number of hydrogen-bond acceptors (Lipinski definition) is 3. The van der Waals surface area contributed by atoms with Crippen LogP contribution < -0.4 is 5.32 Å². The normalized spacial score (nSPS) is 28.8. The maximum Gasteiger partial charge on any atom is 0.254 e. The standard InChI is InChI=1S/C25H33N3O3/c29-23(26-20-12-14-27(15-13-20)24(30)18-10-11-18)22-16-19-8-4-5-9-21(19)28(22)25(31)17-6-2-1-3-7-17/h1-3,6-7,18-22H,4-5,8-16H2,(H,26,29). The van der Waals surface area contributed by atoms with Crippen LogP contribution >= 0.6 is 0 Å². The van der Waals surface area contributed by atoms with Crippen LogP contribution in [0.2, 0.25) is 0 Å². The van der Waals surface area contributed by atoms with Crippen molar-refractivity contribution in [2.75, 3.05) is 13.1 Å². The van der Waals surface area contributed by atoms with E-state index in [4.69, 9.17) is 0 Å². The topological polar surface area (TPSA) is 69.7 Å². The quantitative estimate of drug-likeness (QED) is 0.809. The number of carbonyl (C=O) groups excluding carboxylic acids is 3. The van der Waals surface area contributed by atoms with Gasteiger partial charge in [-0.15, -0.1) is 0 Å². The van der Waals surface area contributed by atoms with Crippen molar-refractivity contribution in [3.05, 3.63) is 35.9 Å². The predicted molar refractivity (Wildman–Crippen MR) is 117 cm³/mol. The minimum atomic E-state index is -0.382. The van der Waals surface area contributed by atoms with Crippen LogP contribution in [0, 0.1) is 11.8 Å². The highest BCUT2D eigenvalue weighted by atomic mass is 16.2. The molecule has 2 aliphatic carbocycles. The summed E-state index contributed by atoms with van der Waals surface area (Å²) >= 11 is 0. The molecule has 2 aliphatic heterocycles. The zero-order chi connectivity index (χ0) is 21.4. The second-order valence-corrected chi connectivity index (χ2v) is 9.82. The maximum atomic E-state index is 13.4. The van der Waals surface area contributed by atoms with Crippen LogP contribution in [0.3, 0.4) is 0 Å². The molecule has 31 heavy (non-hydrogen) atoms. The molecule has 2 saturated heterocycles. The fraction of sp³-hybridized carbons (Fsp3) is 0.640. The molecule has 4 fully saturated rings. The van der Waals surface area contributed by atoms with Gasteiger partial charge in [-0.2, -0.15) is 0 Å². The minimum Gasteiger partial charge on any atom is -0.351 e. The molecule has 2 heterocycles. The number of carbonyl (C=O) groups is 3. The number of amides is 3. The molecule has 0 bridgehead atoms. The first-order chi connectivity index (χ1) is 15.1.